The molecule has 0 atom stereocenters. The first-order chi connectivity index (χ1) is 22.0. The molecule has 1 aliphatic rings. The van der Waals surface area contributed by atoms with E-state index in [9.17, 15) is 4.39 Å². The van der Waals surface area contributed by atoms with Gasteiger partial charge in [-0.1, -0.05) is 25.0 Å². The maximum absolute atomic E-state index is 14.7. The number of hydrogen-bond acceptors (Lipinski definition) is 7. The number of pyridine rings is 2. The molecule has 0 bridgehead atoms. The van der Waals surface area contributed by atoms with Crippen molar-refractivity contribution in [2.45, 2.75) is 32.2 Å². The van der Waals surface area contributed by atoms with Crippen molar-refractivity contribution in [3.63, 3.8) is 0 Å². The summed E-state index contributed by atoms with van der Waals surface area (Å²) in [5.74, 6) is 1.09. The van der Waals surface area contributed by atoms with Gasteiger partial charge >= 0.3 is 0 Å². The number of nitrogens with zero attached hydrogens (tertiary/aromatic N) is 5. The lowest BCUT2D eigenvalue weighted by molar-refractivity contribution is 0.425. The Morgan fingerprint density at radius 2 is 1.82 bits per heavy atom. The molecule has 0 saturated heterocycles. The lowest BCUT2D eigenvalue weighted by Crippen LogP contribution is -2.20. The summed E-state index contributed by atoms with van der Waals surface area (Å²) in [7, 11) is 4.03. The van der Waals surface area contributed by atoms with E-state index in [1.54, 1.807) is 6.07 Å². The van der Waals surface area contributed by atoms with Crippen molar-refractivity contribution in [3.05, 3.63) is 78.4 Å². The molecule has 4 heterocycles. The second-order valence-corrected chi connectivity index (χ2v) is 12.3. The second kappa shape index (κ2) is 12.7. The third kappa shape index (κ3) is 6.43. The summed E-state index contributed by atoms with van der Waals surface area (Å²) >= 11 is 0. The molecule has 1 aliphatic carbocycles. The van der Waals surface area contributed by atoms with E-state index in [4.69, 9.17) is 9.97 Å². The van der Waals surface area contributed by atoms with Crippen LogP contribution in [0.2, 0.25) is 0 Å². The van der Waals surface area contributed by atoms with E-state index in [-0.39, 0.29) is 5.82 Å². The Morgan fingerprint density at radius 3 is 2.69 bits per heavy atom. The van der Waals surface area contributed by atoms with Crippen molar-refractivity contribution in [2.24, 2.45) is 5.92 Å². The monoisotopic (exact) mass is 603 g/mol. The predicted molar refractivity (Wildman–Crippen MR) is 178 cm³/mol. The molecule has 10 heteroatoms. The van der Waals surface area contributed by atoms with Crippen LogP contribution in [-0.4, -0.2) is 68.8 Å². The molecule has 1 fully saturated rings. The van der Waals surface area contributed by atoms with E-state index in [1.807, 2.05) is 62.9 Å². The Labute approximate surface area is 261 Å². The van der Waals surface area contributed by atoms with Gasteiger partial charge in [0.25, 0.3) is 0 Å². The molecule has 1 saturated carbocycles. The molecular formula is C35H38FN9. The van der Waals surface area contributed by atoms with Gasteiger partial charge in [0.05, 0.1) is 22.2 Å². The molecule has 45 heavy (non-hydrogen) atoms. The van der Waals surface area contributed by atoms with Gasteiger partial charge in [-0.25, -0.2) is 14.4 Å². The smallest absolute Gasteiger partial charge is 0.161 e. The number of benzene rings is 2. The number of rotatable bonds is 11. The highest BCUT2D eigenvalue weighted by Gasteiger charge is 2.18. The molecule has 0 spiro atoms. The molecule has 0 unspecified atom stereocenters. The van der Waals surface area contributed by atoms with E-state index < -0.39 is 0 Å². The van der Waals surface area contributed by atoms with Crippen LogP contribution in [0.25, 0.3) is 56.0 Å². The van der Waals surface area contributed by atoms with Gasteiger partial charge in [-0.05, 0) is 93.0 Å². The normalized spacial score (nSPS) is 13.9. The van der Waals surface area contributed by atoms with Crippen LogP contribution in [0.5, 0.6) is 0 Å². The largest absolute Gasteiger partial charge is 0.384 e. The maximum Gasteiger partial charge on any atom is 0.161 e. The Balaban J connectivity index is 1.17. The Kier molecular flexibility index (Phi) is 8.23. The van der Waals surface area contributed by atoms with Crippen molar-refractivity contribution in [2.75, 3.05) is 39.0 Å². The Morgan fingerprint density at radius 1 is 0.933 bits per heavy atom. The summed E-state index contributed by atoms with van der Waals surface area (Å²) < 4.78 is 14.7. The molecular weight excluding hydrogens is 565 g/mol. The standard InChI is InChI=1S/C35H38FN9/c1-45(2)13-12-39-27-16-24(15-26(36)17-27)28-8-5-9-30-32(28)42-35(41-30)34-33-31(43-44-34)11-10-29(40-33)25-14-23(20-38-21-25)19-37-18-22-6-3-4-7-22/h5,8-11,14-17,20-22,37,39H,3-4,6-7,12-13,18-19H2,1-2H3,(H,41,42)(H,43,44). The van der Waals surface area contributed by atoms with E-state index in [0.717, 1.165) is 81.3 Å². The Bertz CT molecular complexity index is 1940. The fraction of sp³-hybridized carbons (Fsp3) is 0.314. The van der Waals surface area contributed by atoms with Crippen LogP contribution in [0.1, 0.15) is 31.2 Å². The number of anilines is 1. The fourth-order valence-electron chi connectivity index (χ4n) is 6.23. The first-order valence-electron chi connectivity index (χ1n) is 15.7. The van der Waals surface area contributed by atoms with Gasteiger partial charge in [-0.2, -0.15) is 5.10 Å². The molecule has 4 N–H and O–H groups in total. The number of nitrogens with one attached hydrogen (secondary N) is 4. The fourth-order valence-corrected chi connectivity index (χ4v) is 6.23. The molecule has 2 aromatic carbocycles. The number of para-hydroxylation sites is 1. The topological polar surface area (TPSA) is 110 Å². The van der Waals surface area contributed by atoms with E-state index in [2.05, 4.69) is 41.8 Å². The molecule has 6 aromatic rings. The van der Waals surface area contributed by atoms with Gasteiger partial charge in [-0.3, -0.25) is 10.1 Å². The predicted octanol–water partition coefficient (Wildman–Crippen LogP) is 6.62. The minimum absolute atomic E-state index is 0.300. The van der Waals surface area contributed by atoms with Crippen LogP contribution in [-0.2, 0) is 6.54 Å². The zero-order valence-electron chi connectivity index (χ0n) is 25.7. The van der Waals surface area contributed by atoms with Crippen molar-refractivity contribution in [1.82, 2.24) is 40.3 Å². The minimum Gasteiger partial charge on any atom is -0.384 e. The number of H-pyrrole nitrogens is 2. The van der Waals surface area contributed by atoms with Crippen LogP contribution < -0.4 is 10.6 Å². The summed E-state index contributed by atoms with van der Waals surface area (Å²) in [6.45, 7) is 3.40. The first-order valence-corrected chi connectivity index (χ1v) is 15.7. The van der Waals surface area contributed by atoms with Crippen LogP contribution >= 0.6 is 0 Å². The number of aromatic nitrogens is 6. The summed E-state index contributed by atoms with van der Waals surface area (Å²) in [5, 5.41) is 14.6. The highest BCUT2D eigenvalue weighted by atomic mass is 19.1. The first kappa shape index (κ1) is 29.1. The molecule has 0 amide bonds. The highest BCUT2D eigenvalue weighted by Crippen LogP contribution is 2.33. The second-order valence-electron chi connectivity index (χ2n) is 12.3. The lowest BCUT2D eigenvalue weighted by atomic mass is 10.0. The number of fused-ring (bicyclic) bond motifs is 2. The van der Waals surface area contributed by atoms with Crippen LogP contribution in [0.3, 0.4) is 0 Å². The van der Waals surface area contributed by atoms with Crippen molar-refractivity contribution < 1.29 is 4.39 Å². The highest BCUT2D eigenvalue weighted by molar-refractivity contribution is 5.96. The number of likely N-dealkylation sites (N-methyl/N-ethyl adjacent to an activating group) is 1. The number of imidazole rings is 1. The zero-order chi connectivity index (χ0) is 30.8. The van der Waals surface area contributed by atoms with E-state index >= 15 is 0 Å². The molecule has 0 radical (unpaired) electrons. The summed E-state index contributed by atoms with van der Waals surface area (Å²) in [6, 6.07) is 17.0. The van der Waals surface area contributed by atoms with Crippen LogP contribution in [0.4, 0.5) is 10.1 Å². The van der Waals surface area contributed by atoms with Gasteiger partial charge in [0.2, 0.25) is 0 Å². The maximum atomic E-state index is 14.7. The van der Waals surface area contributed by atoms with Crippen LogP contribution in [0.15, 0.2) is 67.0 Å². The van der Waals surface area contributed by atoms with Gasteiger partial charge in [-0.15, -0.1) is 0 Å². The average Bonchev–Trinajstić information content (AvgIpc) is 3.80. The average molecular weight is 604 g/mol. The summed E-state index contributed by atoms with van der Waals surface area (Å²) in [4.78, 5) is 20.0. The third-order valence-corrected chi connectivity index (χ3v) is 8.57. The van der Waals surface area contributed by atoms with Gasteiger partial charge < -0.3 is 20.5 Å². The van der Waals surface area contributed by atoms with E-state index in [0.29, 0.717) is 18.1 Å². The third-order valence-electron chi connectivity index (χ3n) is 8.57. The van der Waals surface area contributed by atoms with Crippen molar-refractivity contribution >= 4 is 27.8 Å². The number of halogens is 1. The van der Waals surface area contributed by atoms with Gasteiger partial charge in [0.15, 0.2) is 11.5 Å². The summed E-state index contributed by atoms with van der Waals surface area (Å²) in [5.41, 5.74) is 8.98. The molecule has 4 aromatic heterocycles. The lowest BCUT2D eigenvalue weighted by Gasteiger charge is -2.13. The number of aromatic amines is 2. The van der Waals surface area contributed by atoms with Crippen molar-refractivity contribution in [3.8, 4) is 33.9 Å². The number of hydrogen-bond donors (Lipinski definition) is 4. The molecule has 9 nitrogen and oxygen atoms in total. The van der Waals surface area contributed by atoms with Crippen LogP contribution in [0, 0.1) is 11.7 Å². The van der Waals surface area contributed by atoms with Crippen molar-refractivity contribution in [1.29, 1.82) is 0 Å². The van der Waals surface area contributed by atoms with Gasteiger partial charge in [0, 0.05) is 48.8 Å². The minimum atomic E-state index is -0.300. The quantitative estimate of drug-likeness (QED) is 0.132. The molecule has 230 valence electrons. The zero-order valence-corrected chi connectivity index (χ0v) is 25.7. The molecule has 7 rings (SSSR count). The Hall–Kier alpha value is -4.67. The molecule has 0 aliphatic heterocycles. The summed E-state index contributed by atoms with van der Waals surface area (Å²) in [6.07, 6.45) is 9.13. The van der Waals surface area contributed by atoms with Gasteiger partial charge in [0.1, 0.15) is 11.3 Å². The SMILES string of the molecule is CN(C)CCNc1cc(F)cc(-c2cccc3[nH]c(-c4n[nH]c5ccc(-c6cncc(CNCC7CCCC7)c6)nc45)nc23)c1. The van der Waals surface area contributed by atoms with E-state index in [1.165, 1.54) is 31.7 Å².